The molecule has 0 bridgehead atoms. The number of ether oxygens (including phenoxy) is 2. The first kappa shape index (κ1) is 15.2. The highest BCUT2D eigenvalue weighted by atomic mass is 16.5. The molecule has 0 saturated heterocycles. The average molecular weight is 316 g/mol. The molecule has 2 amide bonds. The molecular weight excluding hydrogens is 296 g/mol. The van der Waals surface area contributed by atoms with Gasteiger partial charge in [-0.1, -0.05) is 0 Å². The zero-order valence-electron chi connectivity index (χ0n) is 13.3. The number of fused-ring (bicyclic) bond motifs is 1. The number of carbonyl (C=O) groups is 1. The molecule has 0 fully saturated rings. The lowest BCUT2D eigenvalue weighted by Gasteiger charge is -2.20. The van der Waals surface area contributed by atoms with Gasteiger partial charge in [0, 0.05) is 19.3 Å². The van der Waals surface area contributed by atoms with Gasteiger partial charge in [0.2, 0.25) is 0 Å². The molecule has 7 heteroatoms. The number of methoxy groups -OCH3 is 2. The Hall–Kier alpha value is -2.70. The number of amides is 2. The van der Waals surface area contributed by atoms with Gasteiger partial charge in [-0.05, 0) is 36.1 Å². The lowest BCUT2D eigenvalue weighted by molar-refractivity contribution is 0.214. The van der Waals surface area contributed by atoms with Gasteiger partial charge in [-0.25, -0.2) is 4.79 Å². The fourth-order valence-electron chi connectivity index (χ4n) is 2.78. The van der Waals surface area contributed by atoms with Crippen molar-refractivity contribution in [2.24, 2.45) is 0 Å². The average Bonchev–Trinajstić information content (AvgIpc) is 2.98. The molecule has 1 aliphatic rings. The summed E-state index contributed by atoms with van der Waals surface area (Å²) in [7, 11) is 3.26. The molecule has 1 aliphatic heterocycles. The van der Waals surface area contributed by atoms with E-state index in [0.29, 0.717) is 18.8 Å². The van der Waals surface area contributed by atoms with E-state index in [4.69, 9.17) is 9.47 Å². The van der Waals surface area contributed by atoms with Crippen molar-refractivity contribution in [2.45, 2.75) is 12.8 Å². The number of urea groups is 1. The molecule has 3 rings (SSSR count). The van der Waals surface area contributed by atoms with Crippen LogP contribution in [0, 0.1) is 0 Å². The molecule has 0 aliphatic carbocycles. The SMILES string of the molecule is COc1cc2c(cc1OC)CCN(C(=O)Nc1cn[nH]c1)CC2. The molecule has 23 heavy (non-hydrogen) atoms. The van der Waals surface area contributed by atoms with E-state index in [9.17, 15) is 4.79 Å². The summed E-state index contributed by atoms with van der Waals surface area (Å²) in [6, 6.07) is 3.90. The molecule has 0 unspecified atom stereocenters. The van der Waals surface area contributed by atoms with Gasteiger partial charge in [0.25, 0.3) is 0 Å². The summed E-state index contributed by atoms with van der Waals surface area (Å²) in [4.78, 5) is 14.2. The number of benzene rings is 1. The second-order valence-electron chi connectivity index (χ2n) is 5.38. The van der Waals surface area contributed by atoms with Crippen LogP contribution in [0.3, 0.4) is 0 Å². The van der Waals surface area contributed by atoms with Crippen molar-refractivity contribution in [2.75, 3.05) is 32.6 Å². The third-order valence-corrected chi connectivity index (χ3v) is 4.04. The summed E-state index contributed by atoms with van der Waals surface area (Å²) >= 11 is 0. The highest BCUT2D eigenvalue weighted by Crippen LogP contribution is 2.32. The highest BCUT2D eigenvalue weighted by molar-refractivity contribution is 5.89. The number of hydrogen-bond acceptors (Lipinski definition) is 4. The van der Waals surface area contributed by atoms with Gasteiger partial charge >= 0.3 is 6.03 Å². The molecule has 1 aromatic carbocycles. The van der Waals surface area contributed by atoms with E-state index in [1.165, 1.54) is 11.1 Å². The predicted molar refractivity (Wildman–Crippen MR) is 86.1 cm³/mol. The highest BCUT2D eigenvalue weighted by Gasteiger charge is 2.20. The van der Waals surface area contributed by atoms with Gasteiger partial charge in [-0.3, -0.25) is 5.10 Å². The number of H-pyrrole nitrogens is 1. The molecular formula is C16H20N4O3. The first-order valence-corrected chi connectivity index (χ1v) is 7.49. The maximum Gasteiger partial charge on any atom is 0.321 e. The lowest BCUT2D eigenvalue weighted by atomic mass is 10.0. The van der Waals surface area contributed by atoms with Gasteiger partial charge in [-0.2, -0.15) is 5.10 Å². The summed E-state index contributed by atoms with van der Waals surface area (Å²) in [5, 5.41) is 9.34. The number of aromatic amines is 1. The molecule has 0 spiro atoms. The largest absolute Gasteiger partial charge is 0.493 e. The summed E-state index contributed by atoms with van der Waals surface area (Å²) < 4.78 is 10.7. The second-order valence-corrected chi connectivity index (χ2v) is 5.38. The van der Waals surface area contributed by atoms with Gasteiger partial charge in [0.1, 0.15) is 0 Å². The van der Waals surface area contributed by atoms with Crippen molar-refractivity contribution in [3.05, 3.63) is 35.7 Å². The first-order valence-electron chi connectivity index (χ1n) is 7.49. The summed E-state index contributed by atoms with van der Waals surface area (Å²) in [6.45, 7) is 1.32. The van der Waals surface area contributed by atoms with Crippen molar-refractivity contribution in [3.63, 3.8) is 0 Å². The smallest absolute Gasteiger partial charge is 0.321 e. The maximum atomic E-state index is 12.3. The predicted octanol–water partition coefficient (Wildman–Crippen LogP) is 2.06. The molecule has 2 N–H and O–H groups in total. The van der Waals surface area contributed by atoms with Crippen molar-refractivity contribution >= 4 is 11.7 Å². The van der Waals surface area contributed by atoms with Crippen LogP contribution in [0.15, 0.2) is 24.5 Å². The Bertz CT molecular complexity index is 650. The van der Waals surface area contributed by atoms with Crippen molar-refractivity contribution in [3.8, 4) is 11.5 Å². The molecule has 7 nitrogen and oxygen atoms in total. The number of aromatic nitrogens is 2. The van der Waals surface area contributed by atoms with Crippen LogP contribution >= 0.6 is 0 Å². The van der Waals surface area contributed by atoms with Crippen LogP contribution in [0.25, 0.3) is 0 Å². The van der Waals surface area contributed by atoms with E-state index in [1.807, 2.05) is 17.0 Å². The van der Waals surface area contributed by atoms with Crippen LogP contribution < -0.4 is 14.8 Å². The summed E-state index contributed by atoms with van der Waals surface area (Å²) in [5.74, 6) is 1.45. The summed E-state index contributed by atoms with van der Waals surface area (Å²) in [5.41, 5.74) is 3.06. The first-order chi connectivity index (χ1) is 11.2. The zero-order valence-corrected chi connectivity index (χ0v) is 13.3. The van der Waals surface area contributed by atoms with Crippen LogP contribution in [0.1, 0.15) is 11.1 Å². The third-order valence-electron chi connectivity index (χ3n) is 4.04. The van der Waals surface area contributed by atoms with E-state index in [1.54, 1.807) is 26.6 Å². The van der Waals surface area contributed by atoms with Crippen molar-refractivity contribution < 1.29 is 14.3 Å². The third kappa shape index (κ3) is 3.23. The van der Waals surface area contributed by atoms with Crippen LogP contribution in [-0.4, -0.2) is 48.4 Å². The Labute approximate surface area is 134 Å². The van der Waals surface area contributed by atoms with E-state index in [2.05, 4.69) is 15.5 Å². The normalized spacial score (nSPS) is 13.9. The molecule has 2 aromatic rings. The standard InChI is InChI=1S/C16H20N4O3/c1-22-14-7-11-3-5-20(6-4-12(11)8-15(14)23-2)16(21)19-13-9-17-18-10-13/h7-10H,3-6H2,1-2H3,(H,17,18)(H,19,21). The Balaban J connectivity index is 1.73. The van der Waals surface area contributed by atoms with E-state index < -0.39 is 0 Å². The number of nitrogens with one attached hydrogen (secondary N) is 2. The Morgan fingerprint density at radius 3 is 2.26 bits per heavy atom. The maximum absolute atomic E-state index is 12.3. The van der Waals surface area contributed by atoms with E-state index in [-0.39, 0.29) is 6.03 Å². The molecule has 0 atom stereocenters. The summed E-state index contributed by atoms with van der Waals surface area (Å²) in [6.07, 6.45) is 4.81. The van der Waals surface area contributed by atoms with E-state index in [0.717, 1.165) is 24.3 Å². The van der Waals surface area contributed by atoms with Crippen LogP contribution in [0.2, 0.25) is 0 Å². The monoisotopic (exact) mass is 316 g/mol. The number of nitrogens with zero attached hydrogens (tertiary/aromatic N) is 2. The van der Waals surface area contributed by atoms with Crippen molar-refractivity contribution in [1.82, 2.24) is 15.1 Å². The van der Waals surface area contributed by atoms with Crippen LogP contribution in [0.4, 0.5) is 10.5 Å². The van der Waals surface area contributed by atoms with Crippen molar-refractivity contribution in [1.29, 1.82) is 0 Å². The fourth-order valence-corrected chi connectivity index (χ4v) is 2.78. The van der Waals surface area contributed by atoms with E-state index >= 15 is 0 Å². The zero-order chi connectivity index (χ0) is 16.2. The number of carbonyl (C=O) groups excluding carboxylic acids is 1. The minimum Gasteiger partial charge on any atom is -0.493 e. The Morgan fingerprint density at radius 2 is 1.78 bits per heavy atom. The minimum absolute atomic E-state index is 0.113. The Kier molecular flexibility index (Phi) is 4.36. The number of rotatable bonds is 3. The fraction of sp³-hybridized carbons (Fsp3) is 0.375. The van der Waals surface area contributed by atoms with Gasteiger partial charge in [0.15, 0.2) is 11.5 Å². The second kappa shape index (κ2) is 6.60. The minimum atomic E-state index is -0.113. The van der Waals surface area contributed by atoms with Crippen LogP contribution in [0.5, 0.6) is 11.5 Å². The molecule has 2 heterocycles. The Morgan fingerprint density at radius 1 is 1.17 bits per heavy atom. The molecule has 1 aromatic heterocycles. The lowest BCUT2D eigenvalue weighted by Crippen LogP contribution is -2.36. The van der Waals surface area contributed by atoms with Gasteiger partial charge in [0.05, 0.1) is 26.1 Å². The molecule has 122 valence electrons. The topological polar surface area (TPSA) is 79.5 Å². The van der Waals surface area contributed by atoms with Crippen LogP contribution in [-0.2, 0) is 12.8 Å². The number of hydrogen-bond donors (Lipinski definition) is 2. The van der Waals surface area contributed by atoms with Gasteiger partial charge < -0.3 is 19.7 Å². The molecule has 0 saturated carbocycles. The molecule has 0 radical (unpaired) electrons. The van der Waals surface area contributed by atoms with Gasteiger partial charge in [-0.15, -0.1) is 0 Å². The number of anilines is 1. The quantitative estimate of drug-likeness (QED) is 0.908.